The second-order valence-corrected chi connectivity index (χ2v) is 0.371. The van der Waals surface area contributed by atoms with Gasteiger partial charge in [0, 0.05) is 0 Å². The fourth-order valence-electron chi connectivity index (χ4n) is 0. The summed E-state index contributed by atoms with van der Waals surface area (Å²) >= 11 is 0. The molecule has 20 valence electrons. The summed E-state index contributed by atoms with van der Waals surface area (Å²) in [6.45, 7) is 3.24. The molecule has 0 radical (unpaired) electrons. The van der Waals surface area contributed by atoms with Crippen molar-refractivity contribution >= 4 is 0 Å². The molecule has 0 heterocycles. The van der Waals surface area contributed by atoms with Gasteiger partial charge in [0.25, 0.3) is 0 Å². The van der Waals surface area contributed by atoms with E-state index in [1.807, 2.05) is 0 Å². The zero-order valence-corrected chi connectivity index (χ0v) is 2.36. The van der Waals surface area contributed by atoms with Gasteiger partial charge in [-0.2, -0.15) is 0 Å². The fraction of sp³-hybridized carbons (Fsp3) is 0. The highest BCUT2D eigenvalue weighted by atomic mass is 13.3. The number of allylic oxidation sites excluding steroid dienone is 1. The van der Waals surface area contributed by atoms with E-state index >= 15 is 0 Å². The van der Waals surface area contributed by atoms with Crippen molar-refractivity contribution in [2.24, 2.45) is 0 Å². The van der Waals surface area contributed by atoms with E-state index in [4.69, 9.17) is 0 Å². The minimum atomic E-state index is 1.40. The lowest BCUT2D eigenvalue weighted by Gasteiger charge is -1.38. The Hall–Kier alpha value is -0.700. The molecule has 0 bridgehead atoms. The molecule has 0 saturated carbocycles. The summed E-state index contributed by atoms with van der Waals surface area (Å²) in [5.41, 5.74) is 0. The Kier molecular flexibility index (Phi) is 1.90. The first-order valence-electron chi connectivity index (χ1n) is 0.986. The average Bonchev–Trinajstić information content (AvgIpc) is 1.37. The van der Waals surface area contributed by atoms with Gasteiger partial charge in [-0.25, -0.2) is 0 Å². The van der Waals surface area contributed by atoms with E-state index < -0.39 is 0 Å². The van der Waals surface area contributed by atoms with Crippen LogP contribution in [0.3, 0.4) is 0 Å². The van der Waals surface area contributed by atoms with Gasteiger partial charge in [-0.1, -0.05) is 12.5 Å². The molecule has 0 nitrogen and oxygen atoms in total. The van der Waals surface area contributed by atoms with Crippen molar-refractivity contribution in [3.8, 4) is 12.3 Å². The van der Waals surface area contributed by atoms with Crippen molar-refractivity contribution < 1.29 is 0 Å². The quantitative estimate of drug-likeness (QED) is 0.358. The minimum Gasteiger partial charge on any atom is -0.115 e. The van der Waals surface area contributed by atoms with Gasteiger partial charge < -0.3 is 0 Å². The first-order valence-corrected chi connectivity index (χ1v) is 0.986. The topological polar surface area (TPSA) is 0 Å². The Labute approximate surface area is 26.1 Å². The highest BCUT2D eigenvalue weighted by Crippen LogP contribution is 1.41. The van der Waals surface area contributed by atoms with E-state index in [0.717, 1.165) is 0 Å². The van der Waals surface area contributed by atoms with Gasteiger partial charge in [0.1, 0.15) is 0 Å². The van der Waals surface area contributed by atoms with Crippen LogP contribution in [0.1, 0.15) is 0 Å². The smallest absolute Gasteiger partial charge is 0.0194 e. The molecule has 4 heavy (non-hydrogen) atoms. The van der Waals surface area contributed by atoms with Gasteiger partial charge in [-0.05, 0) is 6.08 Å². The van der Waals surface area contributed by atoms with Gasteiger partial charge in [0.2, 0.25) is 0 Å². The standard InChI is InChI=1S/C4H4/c1-3-4-2/h1,4H,2H2. The summed E-state index contributed by atoms with van der Waals surface area (Å²) in [6.07, 6.45) is 6.06. The van der Waals surface area contributed by atoms with Gasteiger partial charge >= 0.3 is 0 Å². The lowest BCUT2D eigenvalue weighted by Crippen LogP contribution is -1.24. The Morgan fingerprint density at radius 2 is 2.25 bits per heavy atom. The van der Waals surface area contributed by atoms with Crippen LogP contribution in [0, 0.1) is 12.3 Å². The number of terminal acetylenes is 1. The van der Waals surface area contributed by atoms with Crippen LogP contribution in [0.25, 0.3) is 0 Å². The van der Waals surface area contributed by atoms with Crippen LogP contribution in [0.5, 0.6) is 0 Å². The molecule has 0 saturated heterocycles. The van der Waals surface area contributed by atoms with E-state index in [-0.39, 0.29) is 0 Å². The maximum Gasteiger partial charge on any atom is -0.0194 e. The summed E-state index contributed by atoms with van der Waals surface area (Å²) in [4.78, 5) is 0. The normalized spacial score (nSPS) is 3.75. The van der Waals surface area contributed by atoms with Crippen LogP contribution < -0.4 is 0 Å². The third kappa shape index (κ3) is 1.30. The SMILES string of the molecule is C#CC=C. The van der Waals surface area contributed by atoms with Crippen molar-refractivity contribution in [1.29, 1.82) is 0 Å². The van der Waals surface area contributed by atoms with Crippen LogP contribution in [0.4, 0.5) is 0 Å². The Morgan fingerprint density at radius 1 is 2.00 bits per heavy atom. The predicted molar refractivity (Wildman–Crippen MR) is 19.0 cm³/mol. The van der Waals surface area contributed by atoms with Crippen molar-refractivity contribution in [3.05, 3.63) is 12.7 Å². The van der Waals surface area contributed by atoms with E-state index in [1.54, 1.807) is 0 Å². The summed E-state index contributed by atoms with van der Waals surface area (Å²) in [5, 5.41) is 0. The lowest BCUT2D eigenvalue weighted by atomic mass is 10.7. The molecule has 0 aliphatic rings. The highest BCUT2D eigenvalue weighted by Gasteiger charge is 1.26. The van der Waals surface area contributed by atoms with Crippen LogP contribution in [0.15, 0.2) is 12.7 Å². The van der Waals surface area contributed by atoms with Gasteiger partial charge in [-0.3, -0.25) is 0 Å². The summed E-state index contributed by atoms with van der Waals surface area (Å²) in [7, 11) is 0. The molecular formula is C4H4. The molecule has 0 heteroatoms. The Bertz CT molecular complexity index is 45.5. The predicted octanol–water partition coefficient (Wildman–Crippen LogP) is 0.806. The number of hydrogen-bond donors (Lipinski definition) is 0. The van der Waals surface area contributed by atoms with Gasteiger partial charge in [-0.15, -0.1) is 6.42 Å². The zero-order valence-electron chi connectivity index (χ0n) is 2.36. The molecule has 0 aliphatic carbocycles. The maximum absolute atomic E-state index is 4.66. The first kappa shape index (κ1) is 3.30. The molecule has 0 atom stereocenters. The second kappa shape index (κ2) is 2.30. The van der Waals surface area contributed by atoms with Gasteiger partial charge in [0.15, 0.2) is 0 Å². The monoisotopic (exact) mass is 52.0 g/mol. The van der Waals surface area contributed by atoms with Crippen molar-refractivity contribution in [2.75, 3.05) is 0 Å². The van der Waals surface area contributed by atoms with Crippen LogP contribution >= 0.6 is 0 Å². The van der Waals surface area contributed by atoms with E-state index in [2.05, 4.69) is 18.9 Å². The molecule has 0 amide bonds. The minimum absolute atomic E-state index is 1.40. The zero-order chi connectivity index (χ0) is 3.41. The van der Waals surface area contributed by atoms with Crippen molar-refractivity contribution in [3.63, 3.8) is 0 Å². The van der Waals surface area contributed by atoms with E-state index in [0.29, 0.717) is 0 Å². The van der Waals surface area contributed by atoms with Crippen LogP contribution in [0.2, 0.25) is 0 Å². The average molecular weight is 52.1 g/mol. The molecule has 0 aromatic rings. The largest absolute Gasteiger partial charge is 0.115 e. The molecule has 0 N–H and O–H groups in total. The third-order valence-corrected chi connectivity index (χ3v) is 0.118. The maximum atomic E-state index is 4.66. The number of hydrogen-bond acceptors (Lipinski definition) is 0. The summed E-state index contributed by atoms with van der Waals surface area (Å²) in [6, 6.07) is 0. The van der Waals surface area contributed by atoms with Gasteiger partial charge in [0.05, 0.1) is 0 Å². The Balaban J connectivity index is 2.92. The van der Waals surface area contributed by atoms with E-state index in [9.17, 15) is 0 Å². The molecular weight excluding hydrogens is 48.0 g/mol. The molecule has 0 aliphatic heterocycles. The highest BCUT2D eigenvalue weighted by molar-refractivity contribution is 5.03. The molecule has 0 rings (SSSR count). The van der Waals surface area contributed by atoms with Crippen molar-refractivity contribution in [2.45, 2.75) is 0 Å². The fourth-order valence-corrected chi connectivity index (χ4v) is 0. The second-order valence-electron chi connectivity index (χ2n) is 0.371. The first-order chi connectivity index (χ1) is 1.91. The third-order valence-electron chi connectivity index (χ3n) is 0.118. The Morgan fingerprint density at radius 3 is 2.25 bits per heavy atom. The molecule has 0 aromatic carbocycles. The van der Waals surface area contributed by atoms with E-state index in [1.165, 1.54) is 6.08 Å². The van der Waals surface area contributed by atoms with Crippen LogP contribution in [-0.2, 0) is 0 Å². The number of rotatable bonds is 0. The lowest BCUT2D eigenvalue weighted by molar-refractivity contribution is 2.34. The summed E-state index contributed by atoms with van der Waals surface area (Å²) < 4.78 is 0. The van der Waals surface area contributed by atoms with Crippen molar-refractivity contribution in [1.82, 2.24) is 0 Å². The van der Waals surface area contributed by atoms with Crippen LogP contribution in [-0.4, -0.2) is 0 Å². The molecule has 0 spiro atoms. The molecule has 0 aromatic heterocycles. The summed E-state index contributed by atoms with van der Waals surface area (Å²) in [5.74, 6) is 2.19. The molecule has 0 unspecified atom stereocenters. The molecule has 0 fully saturated rings.